The van der Waals surface area contributed by atoms with Gasteiger partial charge in [0.05, 0.1) is 50.0 Å². The van der Waals surface area contributed by atoms with Crippen LogP contribution in [-0.4, -0.2) is 118 Å². The summed E-state index contributed by atoms with van der Waals surface area (Å²) in [6.07, 6.45) is -3.84. The second kappa shape index (κ2) is 26.6. The molecule has 5 rings (SSSR count). The maximum Gasteiger partial charge on any atom is 0.313 e. The molecule has 370 valence electrons. The molecule has 16 nitrogen and oxygen atoms in total. The molecule has 0 N–H and O–H groups in total. The predicted molar refractivity (Wildman–Crippen MR) is 238 cm³/mol. The van der Waals surface area contributed by atoms with Crippen molar-refractivity contribution < 1.29 is 76.1 Å². The Bertz CT molecular complexity index is 1630. The number of epoxide rings is 1. The van der Waals surface area contributed by atoms with Crippen molar-refractivity contribution in [2.75, 3.05) is 33.0 Å². The minimum Gasteiger partial charge on any atom is -0.463 e. The number of ether oxygens (including phenoxy) is 11. The molecule has 16 heteroatoms. The van der Waals surface area contributed by atoms with Crippen LogP contribution < -0.4 is 0 Å². The summed E-state index contributed by atoms with van der Waals surface area (Å²) >= 11 is 0. The van der Waals surface area contributed by atoms with Crippen molar-refractivity contribution in [2.24, 2.45) is 35.0 Å². The van der Waals surface area contributed by atoms with Gasteiger partial charge < -0.3 is 52.1 Å². The van der Waals surface area contributed by atoms with Crippen LogP contribution in [0.2, 0.25) is 0 Å². The molecule has 65 heavy (non-hydrogen) atoms. The number of esters is 5. The Morgan fingerprint density at radius 2 is 1.09 bits per heavy atom. The van der Waals surface area contributed by atoms with Gasteiger partial charge in [-0.25, -0.2) is 0 Å². The van der Waals surface area contributed by atoms with Crippen LogP contribution in [0.1, 0.15) is 128 Å². The Morgan fingerprint density at radius 3 is 1.54 bits per heavy atom. The third-order valence-corrected chi connectivity index (χ3v) is 12.8. The quantitative estimate of drug-likeness (QED) is 0.0910. The maximum atomic E-state index is 12.8. The van der Waals surface area contributed by atoms with Crippen LogP contribution in [0.4, 0.5) is 0 Å². The van der Waals surface area contributed by atoms with Gasteiger partial charge in [-0.15, -0.1) is 0 Å². The van der Waals surface area contributed by atoms with E-state index in [0.29, 0.717) is 25.6 Å². The van der Waals surface area contributed by atoms with Gasteiger partial charge in [0.15, 0.2) is 30.9 Å². The molecule has 15 atom stereocenters. The van der Waals surface area contributed by atoms with Crippen LogP contribution in [0.3, 0.4) is 0 Å². The van der Waals surface area contributed by atoms with E-state index in [1.54, 1.807) is 20.8 Å². The van der Waals surface area contributed by atoms with Gasteiger partial charge in [0.2, 0.25) is 6.29 Å². The molecular formula is C49H78O16. The average molecular weight is 923 g/mol. The summed E-state index contributed by atoms with van der Waals surface area (Å²) in [7, 11) is 0. The molecule has 0 bridgehead atoms. The topological polar surface area (TPSA) is 190 Å². The Hall–Kier alpha value is -3.67. The maximum absolute atomic E-state index is 12.8. The van der Waals surface area contributed by atoms with E-state index < -0.39 is 90.5 Å². The van der Waals surface area contributed by atoms with Crippen LogP contribution in [0.25, 0.3) is 0 Å². The lowest BCUT2D eigenvalue weighted by Gasteiger charge is -2.46. The van der Waals surface area contributed by atoms with E-state index in [1.807, 2.05) is 41.5 Å². The summed E-state index contributed by atoms with van der Waals surface area (Å²) in [5.41, 5.74) is 0.699. The Morgan fingerprint density at radius 1 is 0.631 bits per heavy atom. The van der Waals surface area contributed by atoms with Gasteiger partial charge in [-0.05, 0) is 50.5 Å². The highest BCUT2D eigenvalue weighted by atomic mass is 16.8. The van der Waals surface area contributed by atoms with E-state index in [-0.39, 0.29) is 43.0 Å². The van der Waals surface area contributed by atoms with Gasteiger partial charge >= 0.3 is 29.8 Å². The summed E-state index contributed by atoms with van der Waals surface area (Å²) < 4.78 is 62.7. The smallest absolute Gasteiger partial charge is 0.313 e. The molecule has 4 heterocycles. The summed E-state index contributed by atoms with van der Waals surface area (Å²) in [6.45, 7) is 26.9. The third-order valence-electron chi connectivity index (χ3n) is 12.8. The first-order chi connectivity index (χ1) is 30.6. The SMILES string of the molecule is CCC(C)(C)C(=O)OC1OCC(OC2OCC(OC3OCC(C)C(C)C3OC(C)=O)C(C)C2OC(C)=O)C(C)C1OC(C)=O.CCC(C)C(=O)OCC1CO1.CCC(C)c1ccccc1. The van der Waals surface area contributed by atoms with Gasteiger partial charge in [0.1, 0.15) is 12.7 Å². The van der Waals surface area contributed by atoms with Gasteiger partial charge in [-0.2, -0.15) is 0 Å². The predicted octanol–water partition coefficient (Wildman–Crippen LogP) is 7.32. The van der Waals surface area contributed by atoms with Crippen molar-refractivity contribution >= 4 is 29.8 Å². The van der Waals surface area contributed by atoms with Crippen LogP contribution in [0, 0.1) is 35.0 Å². The normalized spacial score (nSPS) is 31.8. The molecule has 4 aliphatic heterocycles. The summed E-state index contributed by atoms with van der Waals surface area (Å²) in [5, 5.41) is 0. The summed E-state index contributed by atoms with van der Waals surface area (Å²) in [5.74, 6) is -2.14. The highest BCUT2D eigenvalue weighted by molar-refractivity contribution is 5.76. The van der Waals surface area contributed by atoms with Crippen molar-refractivity contribution in [3.8, 4) is 0 Å². The fourth-order valence-electron chi connectivity index (χ4n) is 7.00. The molecule has 15 unspecified atom stereocenters. The van der Waals surface area contributed by atoms with Gasteiger partial charge in [-0.1, -0.05) is 92.6 Å². The molecule has 4 fully saturated rings. The first-order valence-electron chi connectivity index (χ1n) is 23.3. The number of rotatable bonds is 16. The van der Waals surface area contributed by atoms with Crippen molar-refractivity contribution in [3.63, 3.8) is 0 Å². The van der Waals surface area contributed by atoms with E-state index in [2.05, 4.69) is 44.2 Å². The van der Waals surface area contributed by atoms with Crippen LogP contribution in [0.15, 0.2) is 30.3 Å². The molecule has 0 amide bonds. The largest absolute Gasteiger partial charge is 0.463 e. The van der Waals surface area contributed by atoms with E-state index in [0.717, 1.165) is 13.0 Å². The van der Waals surface area contributed by atoms with Crippen molar-refractivity contribution in [2.45, 2.75) is 178 Å². The third kappa shape index (κ3) is 17.5. The van der Waals surface area contributed by atoms with Crippen LogP contribution >= 0.6 is 0 Å². The lowest BCUT2D eigenvalue weighted by Crippen LogP contribution is -2.58. The van der Waals surface area contributed by atoms with Gasteiger partial charge in [-0.3, -0.25) is 24.0 Å². The lowest BCUT2D eigenvalue weighted by atomic mass is 9.88. The Balaban J connectivity index is 0.000000431. The minimum atomic E-state index is -1.12. The standard InChI is InChI=1S/C31H50O13.C10H14.C8H14O3/c1-11-31(9,10)30(35)44-29-26(41-21(8)34)18(5)23(14-38-29)43-28-25(40-20(7)33)17(4)22(13-37-28)42-27-24(39-19(6)32)16(3)15(2)12-36-27;1-3-9(2)10-7-5-4-6-8-10;1-3-6(2)8(9)11-5-7-4-10-7/h15-18,22-29H,11-14H2,1-10H3;4-9H,3H2,1-2H3;6-7H,3-5H2,1-2H3. The number of benzene rings is 1. The van der Waals surface area contributed by atoms with Gasteiger partial charge in [0.25, 0.3) is 0 Å². The molecule has 0 aromatic heterocycles. The van der Waals surface area contributed by atoms with Crippen molar-refractivity contribution in [1.29, 1.82) is 0 Å². The Labute approximate surface area is 386 Å². The summed E-state index contributed by atoms with van der Waals surface area (Å²) in [6, 6.07) is 10.6. The molecule has 0 radical (unpaired) electrons. The molecule has 0 spiro atoms. The monoisotopic (exact) mass is 923 g/mol. The van der Waals surface area contributed by atoms with E-state index in [9.17, 15) is 24.0 Å². The molecule has 0 saturated carbocycles. The van der Waals surface area contributed by atoms with Crippen molar-refractivity contribution in [1.82, 2.24) is 0 Å². The molecule has 4 aliphatic rings. The summed E-state index contributed by atoms with van der Waals surface area (Å²) in [4.78, 5) is 59.7. The number of hydrogen-bond donors (Lipinski definition) is 0. The second-order valence-electron chi connectivity index (χ2n) is 18.5. The first kappa shape index (κ1) is 55.7. The fraction of sp³-hybridized carbons (Fsp3) is 0.776. The Kier molecular flexibility index (Phi) is 22.8. The van der Waals surface area contributed by atoms with Gasteiger partial charge in [0, 0.05) is 38.5 Å². The number of hydrogen-bond acceptors (Lipinski definition) is 16. The zero-order chi connectivity index (χ0) is 48.6. The molecule has 4 saturated heterocycles. The lowest BCUT2D eigenvalue weighted by molar-refractivity contribution is -0.333. The van der Waals surface area contributed by atoms with Crippen molar-refractivity contribution in [3.05, 3.63) is 35.9 Å². The molecule has 0 aliphatic carbocycles. The first-order valence-corrected chi connectivity index (χ1v) is 23.3. The number of carbonyl (C=O) groups is 5. The van der Waals surface area contributed by atoms with Crippen LogP contribution in [-0.2, 0) is 76.1 Å². The molecular weight excluding hydrogens is 845 g/mol. The fourth-order valence-corrected chi connectivity index (χ4v) is 7.00. The highest BCUT2D eigenvalue weighted by Gasteiger charge is 2.50. The highest BCUT2D eigenvalue weighted by Crippen LogP contribution is 2.36. The average Bonchev–Trinajstić information content (AvgIpc) is 4.11. The second-order valence-corrected chi connectivity index (χ2v) is 18.5. The van der Waals surface area contributed by atoms with E-state index in [4.69, 9.17) is 52.1 Å². The number of carbonyl (C=O) groups excluding carboxylic acids is 5. The van der Waals surface area contributed by atoms with E-state index in [1.165, 1.54) is 32.8 Å². The molecule has 1 aromatic rings. The minimum absolute atomic E-state index is 0.000441. The zero-order valence-corrected chi connectivity index (χ0v) is 41.2. The zero-order valence-electron chi connectivity index (χ0n) is 41.2. The molecule has 1 aromatic carbocycles. The van der Waals surface area contributed by atoms with E-state index >= 15 is 0 Å². The van der Waals surface area contributed by atoms with Crippen LogP contribution in [0.5, 0.6) is 0 Å².